The maximum Gasteiger partial charge on any atom is 0.277 e. The Morgan fingerprint density at radius 3 is 2.35 bits per heavy atom. The van der Waals surface area contributed by atoms with Crippen LogP contribution in [0.2, 0.25) is 0 Å². The van der Waals surface area contributed by atoms with E-state index >= 15 is 0 Å². The molecule has 0 aliphatic carbocycles. The SMILES string of the molecule is Cc1cc(C)c(C(=O)N2CCCCO2)c(C)c1. The van der Waals surface area contributed by atoms with Gasteiger partial charge in [-0.1, -0.05) is 17.7 Å². The van der Waals surface area contributed by atoms with Crippen LogP contribution in [0.15, 0.2) is 12.1 Å². The molecule has 1 heterocycles. The first-order valence-electron chi connectivity index (χ1n) is 6.12. The summed E-state index contributed by atoms with van der Waals surface area (Å²) in [5, 5.41) is 1.51. The lowest BCUT2D eigenvalue weighted by Gasteiger charge is -2.27. The van der Waals surface area contributed by atoms with E-state index < -0.39 is 0 Å². The Morgan fingerprint density at radius 2 is 1.82 bits per heavy atom. The van der Waals surface area contributed by atoms with Crippen LogP contribution in [-0.2, 0) is 4.84 Å². The molecule has 1 amide bonds. The predicted octanol–water partition coefficient (Wildman–Crippen LogP) is 2.78. The number of hydrogen-bond acceptors (Lipinski definition) is 2. The molecule has 1 fully saturated rings. The fourth-order valence-electron chi connectivity index (χ4n) is 2.40. The summed E-state index contributed by atoms with van der Waals surface area (Å²) >= 11 is 0. The highest BCUT2D eigenvalue weighted by Gasteiger charge is 2.22. The van der Waals surface area contributed by atoms with E-state index in [1.807, 2.05) is 32.9 Å². The first kappa shape index (κ1) is 12.1. The summed E-state index contributed by atoms with van der Waals surface area (Å²) in [6.45, 7) is 7.36. The lowest BCUT2D eigenvalue weighted by Crippen LogP contribution is -2.36. The van der Waals surface area contributed by atoms with E-state index in [4.69, 9.17) is 4.84 Å². The molecule has 3 nitrogen and oxygen atoms in total. The second-order valence-electron chi connectivity index (χ2n) is 4.72. The van der Waals surface area contributed by atoms with Gasteiger partial charge in [-0.05, 0) is 44.7 Å². The van der Waals surface area contributed by atoms with Crippen molar-refractivity contribution in [1.82, 2.24) is 5.06 Å². The molecule has 17 heavy (non-hydrogen) atoms. The topological polar surface area (TPSA) is 29.5 Å². The largest absolute Gasteiger partial charge is 0.277 e. The number of carbonyl (C=O) groups is 1. The average molecular weight is 233 g/mol. The fourth-order valence-corrected chi connectivity index (χ4v) is 2.40. The second-order valence-corrected chi connectivity index (χ2v) is 4.72. The van der Waals surface area contributed by atoms with Crippen molar-refractivity contribution in [3.8, 4) is 0 Å². The van der Waals surface area contributed by atoms with E-state index in [2.05, 4.69) is 0 Å². The Morgan fingerprint density at radius 1 is 1.18 bits per heavy atom. The standard InChI is InChI=1S/C14H19NO2/c1-10-8-11(2)13(12(3)9-10)14(16)15-6-4-5-7-17-15/h8-9H,4-7H2,1-3H3. The number of hydroxylamine groups is 2. The Balaban J connectivity index is 2.30. The molecule has 0 spiro atoms. The number of aryl methyl sites for hydroxylation is 3. The van der Waals surface area contributed by atoms with Crippen LogP contribution >= 0.6 is 0 Å². The number of hydrogen-bond donors (Lipinski definition) is 0. The zero-order valence-electron chi connectivity index (χ0n) is 10.7. The lowest BCUT2D eigenvalue weighted by atomic mass is 9.99. The van der Waals surface area contributed by atoms with Gasteiger partial charge in [-0.3, -0.25) is 9.63 Å². The smallest absolute Gasteiger partial charge is 0.271 e. The Hall–Kier alpha value is -1.35. The third-order valence-electron chi connectivity index (χ3n) is 3.12. The van der Waals surface area contributed by atoms with E-state index in [0.29, 0.717) is 13.2 Å². The number of rotatable bonds is 1. The van der Waals surface area contributed by atoms with E-state index in [0.717, 1.165) is 29.5 Å². The maximum atomic E-state index is 12.4. The molecule has 92 valence electrons. The molecular formula is C14H19NO2. The van der Waals surface area contributed by atoms with Crippen molar-refractivity contribution in [2.24, 2.45) is 0 Å². The van der Waals surface area contributed by atoms with Gasteiger partial charge in [0.2, 0.25) is 0 Å². The summed E-state index contributed by atoms with van der Waals surface area (Å²) in [6.07, 6.45) is 2.06. The van der Waals surface area contributed by atoms with Gasteiger partial charge in [0.05, 0.1) is 6.61 Å². The third kappa shape index (κ3) is 2.50. The minimum Gasteiger partial charge on any atom is -0.271 e. The van der Waals surface area contributed by atoms with Crippen molar-refractivity contribution in [3.63, 3.8) is 0 Å². The van der Waals surface area contributed by atoms with Crippen molar-refractivity contribution < 1.29 is 9.63 Å². The van der Waals surface area contributed by atoms with Gasteiger partial charge in [-0.25, -0.2) is 5.06 Å². The summed E-state index contributed by atoms with van der Waals surface area (Å²) < 4.78 is 0. The third-order valence-corrected chi connectivity index (χ3v) is 3.12. The first-order chi connectivity index (χ1) is 8.09. The number of benzene rings is 1. The summed E-state index contributed by atoms with van der Waals surface area (Å²) in [5.41, 5.74) is 4.04. The Bertz CT molecular complexity index is 411. The van der Waals surface area contributed by atoms with Crippen LogP contribution in [0.25, 0.3) is 0 Å². The minimum atomic E-state index is -0.000278. The van der Waals surface area contributed by atoms with Gasteiger partial charge in [0, 0.05) is 12.1 Å². The van der Waals surface area contributed by atoms with Gasteiger partial charge in [-0.15, -0.1) is 0 Å². The molecule has 2 rings (SSSR count). The van der Waals surface area contributed by atoms with Crippen LogP contribution in [0.4, 0.5) is 0 Å². The van der Waals surface area contributed by atoms with Crippen molar-refractivity contribution >= 4 is 5.91 Å². The van der Waals surface area contributed by atoms with Crippen LogP contribution in [-0.4, -0.2) is 24.1 Å². The van der Waals surface area contributed by atoms with Crippen molar-refractivity contribution in [2.45, 2.75) is 33.6 Å². The van der Waals surface area contributed by atoms with E-state index in [1.54, 1.807) is 0 Å². The molecule has 0 atom stereocenters. The monoisotopic (exact) mass is 233 g/mol. The van der Waals surface area contributed by atoms with Gasteiger partial charge >= 0.3 is 0 Å². The van der Waals surface area contributed by atoms with Gasteiger partial charge in [0.1, 0.15) is 0 Å². The number of carbonyl (C=O) groups excluding carboxylic acids is 1. The molecule has 0 unspecified atom stereocenters. The second kappa shape index (κ2) is 4.88. The maximum absolute atomic E-state index is 12.4. The van der Waals surface area contributed by atoms with Gasteiger partial charge < -0.3 is 0 Å². The zero-order chi connectivity index (χ0) is 12.4. The number of nitrogens with zero attached hydrogens (tertiary/aromatic N) is 1. The molecule has 1 aliphatic rings. The van der Waals surface area contributed by atoms with Crippen LogP contribution in [0.3, 0.4) is 0 Å². The first-order valence-corrected chi connectivity index (χ1v) is 6.12. The Labute approximate surface area is 102 Å². The molecule has 0 saturated carbocycles. The van der Waals surface area contributed by atoms with Crippen LogP contribution in [0, 0.1) is 20.8 Å². The van der Waals surface area contributed by atoms with Gasteiger partial charge in [-0.2, -0.15) is 0 Å². The predicted molar refractivity (Wildman–Crippen MR) is 66.9 cm³/mol. The van der Waals surface area contributed by atoms with Crippen LogP contribution in [0.1, 0.15) is 39.9 Å². The molecular weight excluding hydrogens is 214 g/mol. The normalized spacial score (nSPS) is 16.1. The quantitative estimate of drug-likeness (QED) is 0.746. The van der Waals surface area contributed by atoms with E-state index in [-0.39, 0.29) is 5.91 Å². The summed E-state index contributed by atoms with van der Waals surface area (Å²) in [5.74, 6) is -0.000278. The summed E-state index contributed by atoms with van der Waals surface area (Å²) in [6, 6.07) is 4.09. The zero-order valence-corrected chi connectivity index (χ0v) is 10.7. The average Bonchev–Trinajstić information content (AvgIpc) is 2.28. The van der Waals surface area contributed by atoms with Crippen LogP contribution in [0.5, 0.6) is 0 Å². The lowest BCUT2D eigenvalue weighted by molar-refractivity contribution is -0.144. The van der Waals surface area contributed by atoms with E-state index in [9.17, 15) is 4.79 Å². The highest BCUT2D eigenvalue weighted by molar-refractivity contribution is 5.96. The summed E-state index contributed by atoms with van der Waals surface area (Å²) in [4.78, 5) is 17.8. The fraction of sp³-hybridized carbons (Fsp3) is 0.500. The number of amides is 1. The molecule has 1 aliphatic heterocycles. The highest BCUT2D eigenvalue weighted by atomic mass is 16.7. The van der Waals surface area contributed by atoms with Crippen molar-refractivity contribution in [1.29, 1.82) is 0 Å². The van der Waals surface area contributed by atoms with E-state index in [1.165, 1.54) is 10.6 Å². The summed E-state index contributed by atoms with van der Waals surface area (Å²) in [7, 11) is 0. The molecule has 0 radical (unpaired) electrons. The molecule has 1 aromatic carbocycles. The van der Waals surface area contributed by atoms with Gasteiger partial charge in [0.15, 0.2) is 0 Å². The van der Waals surface area contributed by atoms with Crippen LogP contribution < -0.4 is 0 Å². The molecule has 3 heteroatoms. The van der Waals surface area contributed by atoms with Crippen molar-refractivity contribution in [3.05, 3.63) is 34.4 Å². The highest BCUT2D eigenvalue weighted by Crippen LogP contribution is 2.20. The molecule has 1 saturated heterocycles. The van der Waals surface area contributed by atoms with Crippen molar-refractivity contribution in [2.75, 3.05) is 13.2 Å². The molecule has 1 aromatic rings. The molecule has 0 aromatic heterocycles. The molecule has 0 N–H and O–H groups in total. The molecule has 0 bridgehead atoms. The van der Waals surface area contributed by atoms with Gasteiger partial charge in [0.25, 0.3) is 5.91 Å². The minimum absolute atomic E-state index is 0.000278. The Kier molecular flexibility index (Phi) is 3.48.